The molecule has 0 spiro atoms. The summed E-state index contributed by atoms with van der Waals surface area (Å²) in [6.45, 7) is 2.16. The Morgan fingerprint density at radius 2 is 1.50 bits per heavy atom. The van der Waals surface area contributed by atoms with E-state index < -0.39 is 0 Å². The molecule has 1 atom stereocenters. The molecule has 1 aliphatic carbocycles. The number of benzene rings is 2. The Labute approximate surface area is 107 Å². The second-order valence-electron chi connectivity index (χ2n) is 4.86. The van der Waals surface area contributed by atoms with Gasteiger partial charge in [-0.1, -0.05) is 48.5 Å². The van der Waals surface area contributed by atoms with E-state index in [1.807, 2.05) is 6.92 Å². The van der Waals surface area contributed by atoms with E-state index in [2.05, 4.69) is 53.8 Å². The normalized spacial score (nSPS) is 15.2. The first-order chi connectivity index (χ1) is 8.81. The molecular weight excluding hydrogens is 222 g/mol. The summed E-state index contributed by atoms with van der Waals surface area (Å²) in [6.07, 6.45) is 0. The number of aliphatic hydroxyl groups excluding tert-OH is 1. The molecule has 0 heterocycles. The SMILES string of the molecule is C[C@H](CO)NC1c2ccccc2-c2ccccc21. The Balaban J connectivity index is 2.09. The highest BCUT2D eigenvalue weighted by molar-refractivity contribution is 5.78. The van der Waals surface area contributed by atoms with E-state index >= 15 is 0 Å². The molecule has 0 radical (unpaired) electrons. The van der Waals surface area contributed by atoms with Gasteiger partial charge in [-0.15, -0.1) is 0 Å². The minimum absolute atomic E-state index is 0.0919. The predicted molar refractivity (Wildman–Crippen MR) is 73.4 cm³/mol. The topological polar surface area (TPSA) is 32.3 Å². The summed E-state index contributed by atoms with van der Waals surface area (Å²) in [5.41, 5.74) is 5.21. The van der Waals surface area contributed by atoms with Crippen LogP contribution in [0, 0.1) is 0 Å². The summed E-state index contributed by atoms with van der Waals surface area (Å²) in [4.78, 5) is 0. The summed E-state index contributed by atoms with van der Waals surface area (Å²) < 4.78 is 0. The number of aliphatic hydroxyl groups is 1. The maximum atomic E-state index is 9.23. The third-order valence-electron chi connectivity index (χ3n) is 3.56. The van der Waals surface area contributed by atoms with Gasteiger partial charge in [0.25, 0.3) is 0 Å². The van der Waals surface area contributed by atoms with E-state index in [9.17, 15) is 5.11 Å². The molecule has 0 unspecified atom stereocenters. The van der Waals surface area contributed by atoms with Gasteiger partial charge in [0.15, 0.2) is 0 Å². The minimum Gasteiger partial charge on any atom is -0.395 e. The van der Waals surface area contributed by atoms with Gasteiger partial charge < -0.3 is 10.4 Å². The summed E-state index contributed by atoms with van der Waals surface area (Å²) in [5.74, 6) is 0. The van der Waals surface area contributed by atoms with Crippen LogP contribution in [0.2, 0.25) is 0 Å². The fourth-order valence-corrected chi connectivity index (χ4v) is 2.67. The Hall–Kier alpha value is -1.64. The van der Waals surface area contributed by atoms with Gasteiger partial charge in [0.2, 0.25) is 0 Å². The third kappa shape index (κ3) is 1.74. The lowest BCUT2D eigenvalue weighted by Gasteiger charge is -2.20. The number of nitrogens with one attached hydrogen (secondary N) is 1. The molecule has 0 fully saturated rings. The lowest BCUT2D eigenvalue weighted by Crippen LogP contribution is -2.32. The second-order valence-corrected chi connectivity index (χ2v) is 4.86. The van der Waals surface area contributed by atoms with Crippen molar-refractivity contribution in [2.45, 2.75) is 19.0 Å². The number of hydrogen-bond donors (Lipinski definition) is 2. The van der Waals surface area contributed by atoms with Crippen LogP contribution in [0.15, 0.2) is 48.5 Å². The zero-order chi connectivity index (χ0) is 12.5. The van der Waals surface area contributed by atoms with Crippen LogP contribution in [0.25, 0.3) is 11.1 Å². The summed E-state index contributed by atoms with van der Waals surface area (Å²) in [7, 11) is 0. The fourth-order valence-electron chi connectivity index (χ4n) is 2.67. The average molecular weight is 239 g/mol. The molecule has 0 amide bonds. The summed E-state index contributed by atoms with van der Waals surface area (Å²) in [5, 5.41) is 12.7. The highest BCUT2D eigenvalue weighted by atomic mass is 16.3. The zero-order valence-electron chi connectivity index (χ0n) is 10.4. The molecule has 2 N–H and O–H groups in total. The monoisotopic (exact) mass is 239 g/mol. The Morgan fingerprint density at radius 3 is 2.00 bits per heavy atom. The molecule has 2 nitrogen and oxygen atoms in total. The third-order valence-corrected chi connectivity index (χ3v) is 3.56. The van der Waals surface area contributed by atoms with Crippen molar-refractivity contribution >= 4 is 0 Å². The molecular formula is C16H17NO. The smallest absolute Gasteiger partial charge is 0.0591 e. The first kappa shape index (κ1) is 11.5. The molecule has 0 aromatic heterocycles. The largest absolute Gasteiger partial charge is 0.395 e. The van der Waals surface area contributed by atoms with Crippen molar-refractivity contribution in [1.82, 2.24) is 5.32 Å². The second kappa shape index (κ2) is 4.56. The van der Waals surface area contributed by atoms with Gasteiger partial charge in [-0.05, 0) is 29.2 Å². The van der Waals surface area contributed by atoms with Gasteiger partial charge in [-0.2, -0.15) is 0 Å². The maximum Gasteiger partial charge on any atom is 0.0591 e. The van der Waals surface area contributed by atoms with Crippen LogP contribution in [0.1, 0.15) is 24.1 Å². The van der Waals surface area contributed by atoms with Crippen molar-refractivity contribution in [3.8, 4) is 11.1 Å². The molecule has 0 saturated heterocycles. The number of hydrogen-bond acceptors (Lipinski definition) is 2. The highest BCUT2D eigenvalue weighted by Crippen LogP contribution is 2.43. The van der Waals surface area contributed by atoms with Crippen molar-refractivity contribution < 1.29 is 5.11 Å². The van der Waals surface area contributed by atoms with Gasteiger partial charge >= 0.3 is 0 Å². The van der Waals surface area contributed by atoms with Crippen LogP contribution in [0.3, 0.4) is 0 Å². The first-order valence-corrected chi connectivity index (χ1v) is 6.36. The van der Waals surface area contributed by atoms with Gasteiger partial charge in [0.05, 0.1) is 12.6 Å². The summed E-state index contributed by atoms with van der Waals surface area (Å²) >= 11 is 0. The zero-order valence-corrected chi connectivity index (χ0v) is 10.4. The van der Waals surface area contributed by atoms with Gasteiger partial charge in [-0.3, -0.25) is 0 Å². The van der Waals surface area contributed by atoms with E-state index in [4.69, 9.17) is 0 Å². The summed E-state index contributed by atoms with van der Waals surface area (Å²) in [6, 6.07) is 17.2. The standard InChI is InChI=1S/C16H17NO/c1-11(10-18)17-16-14-8-4-2-6-12(14)13-7-3-5-9-15(13)16/h2-9,11,16-18H,10H2,1H3/t11-/m1/s1. The van der Waals surface area contributed by atoms with E-state index in [1.165, 1.54) is 22.3 Å². The van der Waals surface area contributed by atoms with Crippen molar-refractivity contribution in [1.29, 1.82) is 0 Å². The van der Waals surface area contributed by atoms with E-state index in [0.717, 1.165) is 0 Å². The van der Waals surface area contributed by atoms with Gasteiger partial charge in [0.1, 0.15) is 0 Å². The first-order valence-electron chi connectivity index (χ1n) is 6.36. The molecule has 92 valence electrons. The van der Waals surface area contributed by atoms with Crippen molar-refractivity contribution in [3.63, 3.8) is 0 Å². The molecule has 18 heavy (non-hydrogen) atoms. The average Bonchev–Trinajstić information content (AvgIpc) is 2.74. The van der Waals surface area contributed by atoms with Crippen LogP contribution in [-0.2, 0) is 0 Å². The van der Waals surface area contributed by atoms with Crippen LogP contribution in [0.5, 0.6) is 0 Å². The quantitative estimate of drug-likeness (QED) is 0.863. The fraction of sp³-hybridized carbons (Fsp3) is 0.250. The van der Waals surface area contributed by atoms with Crippen LogP contribution >= 0.6 is 0 Å². The molecule has 0 saturated carbocycles. The Morgan fingerprint density at radius 1 is 1.00 bits per heavy atom. The molecule has 1 aliphatic rings. The Kier molecular flexibility index (Phi) is 2.90. The van der Waals surface area contributed by atoms with E-state index in [0.29, 0.717) is 0 Å². The van der Waals surface area contributed by atoms with Gasteiger partial charge in [-0.25, -0.2) is 0 Å². The van der Waals surface area contributed by atoms with Crippen molar-refractivity contribution in [2.75, 3.05) is 6.61 Å². The van der Waals surface area contributed by atoms with Crippen LogP contribution in [-0.4, -0.2) is 17.8 Å². The highest BCUT2D eigenvalue weighted by Gasteiger charge is 2.28. The molecule has 2 aromatic carbocycles. The van der Waals surface area contributed by atoms with E-state index in [1.54, 1.807) is 0 Å². The Bertz CT molecular complexity index is 519. The number of rotatable bonds is 3. The molecule has 3 rings (SSSR count). The van der Waals surface area contributed by atoms with Gasteiger partial charge in [0, 0.05) is 6.04 Å². The van der Waals surface area contributed by atoms with Crippen molar-refractivity contribution in [3.05, 3.63) is 59.7 Å². The van der Waals surface area contributed by atoms with E-state index in [-0.39, 0.29) is 18.7 Å². The van der Waals surface area contributed by atoms with Crippen LogP contribution < -0.4 is 5.32 Å². The molecule has 0 aliphatic heterocycles. The molecule has 2 heteroatoms. The lowest BCUT2D eigenvalue weighted by molar-refractivity contribution is 0.246. The number of fused-ring (bicyclic) bond motifs is 3. The van der Waals surface area contributed by atoms with Crippen molar-refractivity contribution in [2.24, 2.45) is 0 Å². The molecule has 2 aromatic rings. The van der Waals surface area contributed by atoms with Crippen LogP contribution in [0.4, 0.5) is 0 Å². The predicted octanol–water partition coefficient (Wildman–Crippen LogP) is 2.73. The minimum atomic E-state index is 0.0919. The lowest BCUT2D eigenvalue weighted by atomic mass is 10.0. The maximum absolute atomic E-state index is 9.23. The molecule has 0 bridgehead atoms.